The summed E-state index contributed by atoms with van der Waals surface area (Å²) >= 11 is 7.61. The Morgan fingerprint density at radius 1 is 1.43 bits per heavy atom. The minimum atomic E-state index is 0.524. The number of nitrogens with one attached hydrogen (secondary N) is 1. The topological polar surface area (TPSA) is 52.0 Å². The number of hydrogen-bond donors (Lipinski definition) is 1. The Morgan fingerprint density at radius 2 is 2.22 bits per heavy atom. The summed E-state index contributed by atoms with van der Waals surface area (Å²) in [5, 5.41) is 16.0. The predicted molar refractivity (Wildman–Crippen MR) is 97.0 cm³/mol. The molecule has 1 N–H and O–H groups in total. The van der Waals surface area contributed by atoms with Crippen LogP contribution in [-0.2, 0) is 0 Å². The number of aryl methyl sites for hydroxylation is 1. The van der Waals surface area contributed by atoms with E-state index in [4.69, 9.17) is 11.6 Å². The Morgan fingerprint density at radius 3 is 2.87 bits per heavy atom. The van der Waals surface area contributed by atoms with Crippen LogP contribution in [0.15, 0.2) is 29.8 Å². The van der Waals surface area contributed by atoms with Crippen LogP contribution in [0.1, 0.15) is 23.5 Å². The van der Waals surface area contributed by atoms with Crippen LogP contribution in [0.25, 0.3) is 5.57 Å². The van der Waals surface area contributed by atoms with Gasteiger partial charge in [-0.3, -0.25) is 0 Å². The van der Waals surface area contributed by atoms with Gasteiger partial charge in [0, 0.05) is 35.4 Å². The van der Waals surface area contributed by atoms with Crippen LogP contribution >= 0.6 is 22.9 Å². The van der Waals surface area contributed by atoms with E-state index in [-0.39, 0.29) is 0 Å². The van der Waals surface area contributed by atoms with Crippen molar-refractivity contribution in [2.24, 2.45) is 0 Å². The SMILES string of the molecule is Cc1csc(/C(C#N)=C/Nc2cc(Cl)ccc2N2CCCC2)n1. The van der Waals surface area contributed by atoms with Gasteiger partial charge < -0.3 is 10.2 Å². The van der Waals surface area contributed by atoms with Gasteiger partial charge in [-0.1, -0.05) is 11.6 Å². The molecule has 0 bridgehead atoms. The summed E-state index contributed by atoms with van der Waals surface area (Å²) in [6, 6.07) is 8.04. The highest BCUT2D eigenvalue weighted by Gasteiger charge is 2.16. The first kappa shape index (κ1) is 15.9. The van der Waals surface area contributed by atoms with Gasteiger partial charge in [0.1, 0.15) is 16.6 Å². The molecule has 0 spiro atoms. The van der Waals surface area contributed by atoms with Gasteiger partial charge in [0.15, 0.2) is 0 Å². The number of rotatable bonds is 4. The van der Waals surface area contributed by atoms with Crippen molar-refractivity contribution >= 4 is 39.9 Å². The van der Waals surface area contributed by atoms with Crippen molar-refractivity contribution < 1.29 is 0 Å². The fourth-order valence-corrected chi connectivity index (χ4v) is 3.56. The van der Waals surface area contributed by atoms with Crippen LogP contribution in [0.3, 0.4) is 0 Å². The third-order valence-electron chi connectivity index (χ3n) is 3.75. The highest BCUT2D eigenvalue weighted by Crippen LogP contribution is 2.32. The van der Waals surface area contributed by atoms with Crippen LogP contribution in [0.2, 0.25) is 5.02 Å². The van der Waals surface area contributed by atoms with Gasteiger partial charge in [-0.25, -0.2) is 4.98 Å². The number of benzene rings is 1. The first-order chi connectivity index (χ1) is 11.2. The van der Waals surface area contributed by atoms with E-state index in [2.05, 4.69) is 21.3 Å². The molecule has 1 aromatic carbocycles. The summed E-state index contributed by atoms with van der Waals surface area (Å²) in [6.45, 7) is 4.03. The zero-order chi connectivity index (χ0) is 16.2. The molecule has 0 unspecified atom stereocenters. The fraction of sp³-hybridized carbons (Fsp3) is 0.294. The molecular formula is C17H17ClN4S. The molecule has 6 heteroatoms. The second-order valence-corrected chi connectivity index (χ2v) is 6.76. The quantitative estimate of drug-likeness (QED) is 0.818. The third-order valence-corrected chi connectivity index (χ3v) is 4.98. The minimum absolute atomic E-state index is 0.524. The van der Waals surface area contributed by atoms with Crippen LogP contribution < -0.4 is 10.2 Å². The molecule has 2 heterocycles. The van der Waals surface area contributed by atoms with Gasteiger partial charge >= 0.3 is 0 Å². The number of hydrogen-bond acceptors (Lipinski definition) is 5. The smallest absolute Gasteiger partial charge is 0.135 e. The molecule has 4 nitrogen and oxygen atoms in total. The maximum absolute atomic E-state index is 9.37. The van der Waals surface area contributed by atoms with Crippen molar-refractivity contribution in [3.8, 4) is 6.07 Å². The van der Waals surface area contributed by atoms with Crippen LogP contribution in [0, 0.1) is 18.3 Å². The number of nitriles is 1. The van der Waals surface area contributed by atoms with Crippen molar-refractivity contribution in [3.63, 3.8) is 0 Å². The van der Waals surface area contributed by atoms with Crippen molar-refractivity contribution in [2.75, 3.05) is 23.3 Å². The maximum atomic E-state index is 9.37. The summed E-state index contributed by atoms with van der Waals surface area (Å²) < 4.78 is 0. The van der Waals surface area contributed by atoms with E-state index in [9.17, 15) is 5.26 Å². The molecule has 1 fully saturated rings. The Bertz CT molecular complexity index is 769. The van der Waals surface area contributed by atoms with Crippen molar-refractivity contribution in [3.05, 3.63) is 45.5 Å². The molecule has 3 rings (SSSR count). The number of aromatic nitrogens is 1. The van der Waals surface area contributed by atoms with Crippen molar-refractivity contribution in [1.29, 1.82) is 5.26 Å². The Labute approximate surface area is 145 Å². The van der Waals surface area contributed by atoms with Crippen molar-refractivity contribution in [1.82, 2.24) is 4.98 Å². The molecule has 1 aromatic heterocycles. The Balaban J connectivity index is 1.88. The highest BCUT2D eigenvalue weighted by atomic mass is 35.5. The van der Waals surface area contributed by atoms with E-state index in [1.165, 1.54) is 24.2 Å². The van der Waals surface area contributed by atoms with E-state index in [0.29, 0.717) is 10.6 Å². The Kier molecular flexibility index (Phi) is 4.85. The van der Waals surface area contributed by atoms with E-state index in [0.717, 1.165) is 35.2 Å². The second kappa shape index (κ2) is 7.03. The van der Waals surface area contributed by atoms with Gasteiger partial charge in [-0.05, 0) is 38.0 Å². The minimum Gasteiger partial charge on any atom is -0.370 e. The number of nitrogens with zero attached hydrogens (tertiary/aromatic N) is 3. The molecule has 0 saturated carbocycles. The van der Waals surface area contributed by atoms with E-state index < -0.39 is 0 Å². The van der Waals surface area contributed by atoms with E-state index in [1.807, 2.05) is 30.5 Å². The summed E-state index contributed by atoms with van der Waals surface area (Å²) in [5.41, 5.74) is 3.48. The first-order valence-corrected chi connectivity index (χ1v) is 8.77. The average Bonchev–Trinajstić information content (AvgIpc) is 3.20. The standard InChI is InChI=1S/C17H17ClN4S/c1-12-11-23-17(21-12)13(9-19)10-20-15-8-14(18)4-5-16(15)22-6-2-3-7-22/h4-5,8,10-11,20H,2-3,6-7H2,1H3/b13-10+. The van der Waals surface area contributed by atoms with Gasteiger partial charge in [-0.2, -0.15) is 5.26 Å². The Hall–Kier alpha value is -2.03. The highest BCUT2D eigenvalue weighted by molar-refractivity contribution is 7.10. The summed E-state index contributed by atoms with van der Waals surface area (Å²) in [6.07, 6.45) is 4.13. The lowest BCUT2D eigenvalue weighted by atomic mass is 10.2. The summed E-state index contributed by atoms with van der Waals surface area (Å²) in [7, 11) is 0. The molecule has 1 saturated heterocycles. The summed E-state index contributed by atoms with van der Waals surface area (Å²) in [4.78, 5) is 6.70. The van der Waals surface area contributed by atoms with Gasteiger partial charge in [0.25, 0.3) is 0 Å². The largest absolute Gasteiger partial charge is 0.370 e. The number of allylic oxidation sites excluding steroid dienone is 1. The molecule has 0 amide bonds. The lowest BCUT2D eigenvalue weighted by Crippen LogP contribution is -2.18. The average molecular weight is 345 g/mol. The molecule has 1 aliphatic rings. The third kappa shape index (κ3) is 3.66. The van der Waals surface area contributed by atoms with E-state index in [1.54, 1.807) is 6.20 Å². The molecule has 23 heavy (non-hydrogen) atoms. The molecule has 0 atom stereocenters. The normalized spacial score (nSPS) is 14.8. The van der Waals surface area contributed by atoms with Gasteiger partial charge in [0.05, 0.1) is 11.4 Å². The number of anilines is 2. The maximum Gasteiger partial charge on any atom is 0.135 e. The van der Waals surface area contributed by atoms with Crippen LogP contribution in [0.5, 0.6) is 0 Å². The zero-order valence-corrected chi connectivity index (χ0v) is 14.4. The van der Waals surface area contributed by atoms with Gasteiger partial charge in [0.2, 0.25) is 0 Å². The zero-order valence-electron chi connectivity index (χ0n) is 12.8. The molecule has 2 aromatic rings. The van der Waals surface area contributed by atoms with Crippen LogP contribution in [0.4, 0.5) is 11.4 Å². The number of halogens is 1. The molecule has 118 valence electrons. The first-order valence-electron chi connectivity index (χ1n) is 7.51. The van der Waals surface area contributed by atoms with Crippen molar-refractivity contribution in [2.45, 2.75) is 19.8 Å². The van der Waals surface area contributed by atoms with Gasteiger partial charge in [-0.15, -0.1) is 11.3 Å². The predicted octanol–water partition coefficient (Wildman–Crippen LogP) is 4.68. The summed E-state index contributed by atoms with van der Waals surface area (Å²) in [5.74, 6) is 0. The lowest BCUT2D eigenvalue weighted by Gasteiger charge is -2.21. The second-order valence-electron chi connectivity index (χ2n) is 5.46. The lowest BCUT2D eigenvalue weighted by molar-refractivity contribution is 0.949. The molecule has 1 aliphatic heterocycles. The van der Waals surface area contributed by atoms with E-state index >= 15 is 0 Å². The van der Waals surface area contributed by atoms with Crippen LogP contribution in [-0.4, -0.2) is 18.1 Å². The molecular weight excluding hydrogens is 328 g/mol. The molecule has 0 aliphatic carbocycles. The fourth-order valence-electron chi connectivity index (χ4n) is 2.63. The monoisotopic (exact) mass is 344 g/mol. The number of thiazole rings is 1. The molecule has 0 radical (unpaired) electrons.